The van der Waals surface area contributed by atoms with Crippen LogP contribution in [0.15, 0.2) is 48.2 Å². The number of carbonyl (C=O) groups is 2. The number of hydrogen-bond acceptors (Lipinski definition) is 5. The van der Waals surface area contributed by atoms with E-state index in [0.717, 1.165) is 28.1 Å². The topological polar surface area (TPSA) is 61.9 Å². The average Bonchev–Trinajstić information content (AvgIpc) is 2.94. The molecule has 1 N–H and O–H groups in total. The molecule has 0 unspecified atom stereocenters. The van der Waals surface area contributed by atoms with Crippen LogP contribution in [-0.2, 0) is 14.3 Å². The Morgan fingerprint density at radius 3 is 2.23 bits per heavy atom. The molecule has 0 fully saturated rings. The van der Waals surface area contributed by atoms with Crippen molar-refractivity contribution >= 4 is 28.8 Å². The normalized spacial score (nSPS) is 14.1. The average molecular weight is 422 g/mol. The van der Waals surface area contributed by atoms with Crippen LogP contribution in [0.3, 0.4) is 0 Å². The van der Waals surface area contributed by atoms with Crippen LogP contribution in [0.2, 0.25) is 0 Å². The van der Waals surface area contributed by atoms with Crippen molar-refractivity contribution in [3.05, 3.63) is 64.9 Å². The van der Waals surface area contributed by atoms with Crippen molar-refractivity contribution in [1.29, 1.82) is 0 Å². The van der Waals surface area contributed by atoms with Gasteiger partial charge >= 0.3 is 0 Å². The minimum atomic E-state index is -0.331. The number of ether oxygens (including phenoxy) is 1. The molecule has 1 heterocycles. The minimum absolute atomic E-state index is 0.0350. The number of benzene rings is 2. The molecule has 3 rings (SSSR count). The van der Waals surface area contributed by atoms with Crippen molar-refractivity contribution < 1.29 is 14.3 Å². The standard InChI is InChI=1S/C25H31N3O3/c1-16(2)31-14-13-28-24(29)22(19-8-7-17(3)18(4)15-19)23(25(28)30)26-20-9-11-21(12-10-20)27(5)6/h7-12,15-16,26H,13-14H2,1-6H3. The summed E-state index contributed by atoms with van der Waals surface area (Å²) in [5.74, 6) is -0.629. The van der Waals surface area contributed by atoms with Crippen molar-refractivity contribution in [1.82, 2.24) is 4.90 Å². The molecule has 0 aromatic heterocycles. The first-order valence-electron chi connectivity index (χ1n) is 10.5. The number of aryl methyl sites for hydroxylation is 2. The number of anilines is 2. The molecule has 0 radical (unpaired) electrons. The van der Waals surface area contributed by atoms with Gasteiger partial charge in [-0.3, -0.25) is 14.5 Å². The Morgan fingerprint density at radius 1 is 0.968 bits per heavy atom. The van der Waals surface area contributed by atoms with Crippen LogP contribution in [0, 0.1) is 13.8 Å². The smallest absolute Gasteiger partial charge is 0.278 e. The highest BCUT2D eigenvalue weighted by atomic mass is 16.5. The molecule has 0 spiro atoms. The highest BCUT2D eigenvalue weighted by Crippen LogP contribution is 2.31. The fraction of sp³-hybridized carbons (Fsp3) is 0.360. The van der Waals surface area contributed by atoms with Gasteiger partial charge in [-0.1, -0.05) is 18.2 Å². The number of nitrogens with one attached hydrogen (secondary N) is 1. The van der Waals surface area contributed by atoms with Crippen LogP contribution in [0.25, 0.3) is 5.57 Å². The number of hydrogen-bond donors (Lipinski definition) is 1. The SMILES string of the molecule is Cc1ccc(C2=C(Nc3ccc(N(C)C)cc3)C(=O)N(CCOC(C)C)C2=O)cc1C. The van der Waals surface area contributed by atoms with Gasteiger partial charge in [0.25, 0.3) is 11.8 Å². The summed E-state index contributed by atoms with van der Waals surface area (Å²) >= 11 is 0. The highest BCUT2D eigenvalue weighted by Gasteiger charge is 2.39. The Kier molecular flexibility index (Phi) is 6.81. The molecule has 1 aliphatic heterocycles. The zero-order chi connectivity index (χ0) is 22.7. The van der Waals surface area contributed by atoms with Crippen molar-refractivity contribution in [2.45, 2.75) is 33.8 Å². The predicted molar refractivity (Wildman–Crippen MR) is 125 cm³/mol. The van der Waals surface area contributed by atoms with Crippen molar-refractivity contribution in [3.8, 4) is 0 Å². The Bertz CT molecular complexity index is 1010. The molecule has 0 aliphatic carbocycles. The number of amides is 2. The maximum Gasteiger partial charge on any atom is 0.278 e. The summed E-state index contributed by atoms with van der Waals surface area (Å²) < 4.78 is 5.58. The van der Waals surface area contributed by atoms with Gasteiger partial charge < -0.3 is 15.0 Å². The van der Waals surface area contributed by atoms with Gasteiger partial charge in [-0.25, -0.2) is 0 Å². The first kappa shape index (κ1) is 22.6. The van der Waals surface area contributed by atoms with Gasteiger partial charge in [0.2, 0.25) is 0 Å². The molecule has 6 nitrogen and oxygen atoms in total. The maximum atomic E-state index is 13.3. The van der Waals surface area contributed by atoms with E-state index in [1.54, 1.807) is 0 Å². The summed E-state index contributed by atoms with van der Waals surface area (Å²) in [6, 6.07) is 13.6. The van der Waals surface area contributed by atoms with E-state index >= 15 is 0 Å². The zero-order valence-electron chi connectivity index (χ0n) is 19.2. The van der Waals surface area contributed by atoms with Crippen LogP contribution in [-0.4, -0.2) is 50.1 Å². The van der Waals surface area contributed by atoms with Crippen LogP contribution < -0.4 is 10.2 Å². The molecule has 2 aromatic carbocycles. The minimum Gasteiger partial charge on any atom is -0.378 e. The van der Waals surface area contributed by atoms with Crippen LogP contribution in [0.4, 0.5) is 11.4 Å². The predicted octanol–water partition coefficient (Wildman–Crippen LogP) is 3.99. The lowest BCUT2D eigenvalue weighted by Gasteiger charge is -2.17. The molecule has 0 atom stereocenters. The Hall–Kier alpha value is -3.12. The second kappa shape index (κ2) is 9.35. The summed E-state index contributed by atoms with van der Waals surface area (Å²) in [7, 11) is 3.94. The van der Waals surface area contributed by atoms with Gasteiger partial charge in [0.15, 0.2) is 0 Å². The fourth-order valence-corrected chi connectivity index (χ4v) is 3.43. The van der Waals surface area contributed by atoms with E-state index in [1.807, 2.05) is 89.2 Å². The van der Waals surface area contributed by atoms with E-state index in [9.17, 15) is 9.59 Å². The van der Waals surface area contributed by atoms with E-state index in [2.05, 4.69) is 5.32 Å². The maximum absolute atomic E-state index is 13.3. The van der Waals surface area contributed by atoms with Crippen LogP contribution in [0.1, 0.15) is 30.5 Å². The fourth-order valence-electron chi connectivity index (χ4n) is 3.43. The molecule has 164 valence electrons. The third kappa shape index (κ3) is 4.97. The van der Waals surface area contributed by atoms with Gasteiger partial charge in [0.05, 0.1) is 24.8 Å². The monoisotopic (exact) mass is 421 g/mol. The lowest BCUT2D eigenvalue weighted by atomic mass is 9.99. The van der Waals surface area contributed by atoms with Crippen molar-refractivity contribution in [2.75, 3.05) is 37.5 Å². The largest absolute Gasteiger partial charge is 0.378 e. The first-order valence-corrected chi connectivity index (χ1v) is 10.5. The van der Waals surface area contributed by atoms with Crippen LogP contribution in [0.5, 0.6) is 0 Å². The number of nitrogens with zero attached hydrogens (tertiary/aromatic N) is 2. The number of carbonyl (C=O) groups excluding carboxylic acids is 2. The molecular formula is C25H31N3O3. The molecule has 6 heteroatoms. The van der Waals surface area contributed by atoms with Crippen molar-refractivity contribution in [3.63, 3.8) is 0 Å². The number of rotatable bonds is 8. The summed E-state index contributed by atoms with van der Waals surface area (Å²) in [6.45, 7) is 8.40. The summed E-state index contributed by atoms with van der Waals surface area (Å²) in [5, 5.41) is 3.21. The van der Waals surface area contributed by atoms with E-state index in [4.69, 9.17) is 4.74 Å². The quantitative estimate of drug-likeness (QED) is 0.653. The Morgan fingerprint density at radius 2 is 1.65 bits per heavy atom. The zero-order valence-corrected chi connectivity index (χ0v) is 19.2. The molecule has 0 saturated heterocycles. The third-order valence-corrected chi connectivity index (χ3v) is 5.38. The van der Waals surface area contributed by atoms with Gasteiger partial charge in [-0.05, 0) is 68.7 Å². The molecule has 0 bridgehead atoms. The molecule has 31 heavy (non-hydrogen) atoms. The lowest BCUT2D eigenvalue weighted by Crippen LogP contribution is -2.35. The van der Waals surface area contributed by atoms with Gasteiger partial charge in [-0.2, -0.15) is 0 Å². The number of imide groups is 1. The first-order chi connectivity index (χ1) is 14.7. The van der Waals surface area contributed by atoms with Gasteiger partial charge in [0.1, 0.15) is 5.70 Å². The molecule has 2 aromatic rings. The van der Waals surface area contributed by atoms with E-state index in [-0.39, 0.29) is 24.5 Å². The van der Waals surface area contributed by atoms with Gasteiger partial charge in [0, 0.05) is 25.5 Å². The lowest BCUT2D eigenvalue weighted by molar-refractivity contribution is -0.137. The van der Waals surface area contributed by atoms with E-state index in [0.29, 0.717) is 17.9 Å². The van der Waals surface area contributed by atoms with Crippen molar-refractivity contribution in [2.24, 2.45) is 0 Å². The summed E-state index contributed by atoms with van der Waals surface area (Å²) in [5.41, 5.74) is 5.45. The Balaban J connectivity index is 1.97. The molecular weight excluding hydrogens is 390 g/mol. The summed E-state index contributed by atoms with van der Waals surface area (Å²) in [6.07, 6.45) is 0.0350. The Labute approximate surface area is 184 Å². The van der Waals surface area contributed by atoms with Gasteiger partial charge in [-0.15, -0.1) is 0 Å². The molecule has 1 aliphatic rings. The molecule has 0 saturated carbocycles. The second-order valence-corrected chi connectivity index (χ2v) is 8.30. The highest BCUT2D eigenvalue weighted by molar-refractivity contribution is 6.36. The van der Waals surface area contributed by atoms with Crippen LogP contribution >= 0.6 is 0 Å². The van der Waals surface area contributed by atoms with E-state index < -0.39 is 0 Å². The molecule has 2 amide bonds. The third-order valence-electron chi connectivity index (χ3n) is 5.38. The van der Waals surface area contributed by atoms with E-state index in [1.165, 1.54) is 4.90 Å². The second-order valence-electron chi connectivity index (χ2n) is 8.30. The summed E-state index contributed by atoms with van der Waals surface area (Å²) in [4.78, 5) is 29.8.